The van der Waals surface area contributed by atoms with Crippen LogP contribution in [-0.4, -0.2) is 48.6 Å². The fraction of sp³-hybridized carbons (Fsp3) is 0.929. The summed E-state index contributed by atoms with van der Waals surface area (Å²) in [6.45, 7) is 5.54. The van der Waals surface area contributed by atoms with E-state index in [1.54, 1.807) is 0 Å². The zero-order chi connectivity index (χ0) is 12.5. The van der Waals surface area contributed by atoms with Gasteiger partial charge in [0, 0.05) is 12.1 Å². The van der Waals surface area contributed by atoms with Crippen molar-refractivity contribution >= 4 is 5.91 Å². The Hall–Kier alpha value is -0.610. The lowest BCUT2D eigenvalue weighted by atomic mass is 10.0. The third-order valence-electron chi connectivity index (χ3n) is 4.81. The van der Waals surface area contributed by atoms with E-state index in [1.165, 1.54) is 25.7 Å². The van der Waals surface area contributed by atoms with Gasteiger partial charge in [-0.15, -0.1) is 0 Å². The first-order valence-electron chi connectivity index (χ1n) is 7.52. The van der Waals surface area contributed by atoms with E-state index < -0.39 is 0 Å². The number of rotatable bonds is 3. The van der Waals surface area contributed by atoms with Crippen LogP contribution in [0.3, 0.4) is 0 Å². The number of likely N-dealkylation sites (tertiary alicyclic amines) is 1. The lowest BCUT2D eigenvalue weighted by molar-refractivity contribution is -0.126. The van der Waals surface area contributed by atoms with Gasteiger partial charge in [-0.3, -0.25) is 9.69 Å². The van der Waals surface area contributed by atoms with E-state index in [-0.39, 0.29) is 6.04 Å². The summed E-state index contributed by atoms with van der Waals surface area (Å²) in [4.78, 5) is 14.8. The van der Waals surface area contributed by atoms with Gasteiger partial charge in [0.25, 0.3) is 0 Å². The molecule has 0 spiro atoms. The van der Waals surface area contributed by atoms with Crippen molar-refractivity contribution in [3.63, 3.8) is 0 Å². The van der Waals surface area contributed by atoms with Gasteiger partial charge in [0.2, 0.25) is 5.91 Å². The van der Waals surface area contributed by atoms with E-state index >= 15 is 0 Å². The Labute approximate surface area is 109 Å². The van der Waals surface area contributed by atoms with Gasteiger partial charge < -0.3 is 10.6 Å². The third-order valence-corrected chi connectivity index (χ3v) is 4.81. The maximum atomic E-state index is 12.3. The van der Waals surface area contributed by atoms with Gasteiger partial charge in [0.15, 0.2) is 0 Å². The molecule has 0 aromatic carbocycles. The Morgan fingerprint density at radius 1 is 1.28 bits per heavy atom. The molecule has 2 heterocycles. The van der Waals surface area contributed by atoms with Gasteiger partial charge >= 0.3 is 0 Å². The van der Waals surface area contributed by atoms with Crippen molar-refractivity contribution in [1.29, 1.82) is 0 Å². The van der Waals surface area contributed by atoms with Crippen LogP contribution in [0.15, 0.2) is 0 Å². The molecule has 0 bridgehead atoms. The summed E-state index contributed by atoms with van der Waals surface area (Å²) in [6.07, 6.45) is 5.80. The van der Waals surface area contributed by atoms with Gasteiger partial charge in [0.1, 0.15) is 0 Å². The Morgan fingerprint density at radius 3 is 2.67 bits per heavy atom. The summed E-state index contributed by atoms with van der Waals surface area (Å²) < 4.78 is 0. The fourth-order valence-corrected chi connectivity index (χ4v) is 3.45. The highest BCUT2D eigenvalue weighted by Crippen LogP contribution is 2.30. The molecule has 2 aliphatic heterocycles. The molecule has 3 unspecified atom stereocenters. The second kappa shape index (κ2) is 5.17. The molecule has 2 N–H and O–H groups in total. The van der Waals surface area contributed by atoms with Crippen molar-refractivity contribution < 1.29 is 4.79 Å². The van der Waals surface area contributed by atoms with Gasteiger partial charge in [0.05, 0.1) is 6.04 Å². The molecule has 2 saturated heterocycles. The number of nitrogens with zero attached hydrogens (tertiary/aromatic N) is 1. The van der Waals surface area contributed by atoms with Gasteiger partial charge in [-0.25, -0.2) is 0 Å². The van der Waals surface area contributed by atoms with Crippen LogP contribution in [0.1, 0.15) is 39.0 Å². The van der Waals surface area contributed by atoms with Crippen molar-refractivity contribution in [3.05, 3.63) is 0 Å². The highest BCUT2D eigenvalue weighted by atomic mass is 16.2. The van der Waals surface area contributed by atoms with Crippen LogP contribution >= 0.6 is 0 Å². The summed E-state index contributed by atoms with van der Waals surface area (Å²) in [5.74, 6) is 0.989. The molecular weight excluding hydrogens is 226 g/mol. The van der Waals surface area contributed by atoms with E-state index in [9.17, 15) is 4.79 Å². The Morgan fingerprint density at radius 2 is 2.00 bits per heavy atom. The molecule has 4 nitrogen and oxygen atoms in total. The molecule has 4 heteroatoms. The van der Waals surface area contributed by atoms with Gasteiger partial charge in [-0.2, -0.15) is 0 Å². The molecule has 0 aromatic rings. The third kappa shape index (κ3) is 2.54. The topological polar surface area (TPSA) is 44.4 Å². The van der Waals surface area contributed by atoms with Crippen molar-refractivity contribution in [3.8, 4) is 0 Å². The predicted octanol–water partition coefficient (Wildman–Crippen LogP) is 0.727. The summed E-state index contributed by atoms with van der Waals surface area (Å²) in [5.41, 5.74) is 0. The van der Waals surface area contributed by atoms with Gasteiger partial charge in [-0.1, -0.05) is 6.92 Å². The van der Waals surface area contributed by atoms with E-state index in [4.69, 9.17) is 0 Å². The first kappa shape index (κ1) is 12.4. The smallest absolute Gasteiger partial charge is 0.237 e. The molecule has 18 heavy (non-hydrogen) atoms. The average Bonchev–Trinajstić information content (AvgIpc) is 2.92. The molecule has 0 aromatic heterocycles. The van der Waals surface area contributed by atoms with Crippen LogP contribution in [0.5, 0.6) is 0 Å². The zero-order valence-electron chi connectivity index (χ0n) is 11.3. The summed E-state index contributed by atoms with van der Waals surface area (Å²) in [7, 11) is 0. The Kier molecular flexibility index (Phi) is 3.57. The Bertz CT molecular complexity index is 314. The molecule has 3 aliphatic rings. The number of amides is 1. The second-order valence-electron chi connectivity index (χ2n) is 6.21. The molecule has 0 radical (unpaired) electrons. The first-order chi connectivity index (χ1) is 8.75. The van der Waals surface area contributed by atoms with Crippen molar-refractivity contribution in [2.45, 2.75) is 57.2 Å². The molecule has 3 fully saturated rings. The van der Waals surface area contributed by atoms with Crippen molar-refractivity contribution in [2.24, 2.45) is 5.92 Å². The number of carbonyl (C=O) groups is 1. The number of hydrogen-bond donors (Lipinski definition) is 2. The van der Waals surface area contributed by atoms with Crippen LogP contribution < -0.4 is 10.6 Å². The standard InChI is InChI=1S/C14H25N3O/c1-10-9-12(10)16-14(18)13-3-2-8-17(13)11-4-6-15-7-5-11/h10-13,15H,2-9H2,1H3,(H,16,18). The zero-order valence-corrected chi connectivity index (χ0v) is 11.3. The minimum absolute atomic E-state index is 0.154. The number of hydrogen-bond acceptors (Lipinski definition) is 3. The summed E-state index contributed by atoms with van der Waals surface area (Å²) in [6, 6.07) is 1.25. The van der Waals surface area contributed by atoms with Crippen molar-refractivity contribution in [1.82, 2.24) is 15.5 Å². The summed E-state index contributed by atoms with van der Waals surface area (Å²) >= 11 is 0. The SMILES string of the molecule is CC1CC1NC(=O)C1CCCN1C1CCNCC1. The number of piperidine rings is 1. The first-order valence-corrected chi connectivity index (χ1v) is 7.52. The molecule has 102 valence electrons. The van der Waals surface area contributed by atoms with Crippen molar-refractivity contribution in [2.75, 3.05) is 19.6 Å². The minimum atomic E-state index is 0.154. The monoisotopic (exact) mass is 251 g/mol. The molecule has 3 atom stereocenters. The number of carbonyl (C=O) groups excluding carboxylic acids is 1. The lowest BCUT2D eigenvalue weighted by Gasteiger charge is -2.35. The van der Waals surface area contributed by atoms with Crippen LogP contribution in [0.25, 0.3) is 0 Å². The number of nitrogens with one attached hydrogen (secondary N) is 2. The van der Waals surface area contributed by atoms with E-state index in [0.717, 1.165) is 26.1 Å². The van der Waals surface area contributed by atoms with Crippen LogP contribution in [0.4, 0.5) is 0 Å². The fourth-order valence-electron chi connectivity index (χ4n) is 3.45. The van der Waals surface area contributed by atoms with Crippen LogP contribution in [0.2, 0.25) is 0 Å². The maximum Gasteiger partial charge on any atom is 0.237 e. The van der Waals surface area contributed by atoms with Gasteiger partial charge in [-0.05, 0) is 57.7 Å². The van der Waals surface area contributed by atoms with E-state index in [0.29, 0.717) is 23.9 Å². The normalized spacial score (nSPS) is 37.7. The van der Waals surface area contributed by atoms with Crippen LogP contribution in [0, 0.1) is 5.92 Å². The molecule has 1 aliphatic carbocycles. The maximum absolute atomic E-state index is 12.3. The molecule has 3 rings (SSSR count). The molecular formula is C14H25N3O. The lowest BCUT2D eigenvalue weighted by Crippen LogP contribution is -2.51. The minimum Gasteiger partial charge on any atom is -0.352 e. The second-order valence-corrected chi connectivity index (χ2v) is 6.21. The quantitative estimate of drug-likeness (QED) is 0.777. The van der Waals surface area contributed by atoms with E-state index in [2.05, 4.69) is 22.5 Å². The Balaban J connectivity index is 1.57. The highest BCUT2D eigenvalue weighted by Gasteiger charge is 2.40. The summed E-state index contributed by atoms with van der Waals surface area (Å²) in [5, 5.41) is 6.62. The average molecular weight is 251 g/mol. The predicted molar refractivity (Wildman–Crippen MR) is 71.3 cm³/mol. The highest BCUT2D eigenvalue weighted by molar-refractivity contribution is 5.82. The largest absolute Gasteiger partial charge is 0.352 e. The molecule has 1 saturated carbocycles. The van der Waals surface area contributed by atoms with E-state index in [1.807, 2.05) is 0 Å². The molecule has 1 amide bonds. The van der Waals surface area contributed by atoms with Crippen LogP contribution in [-0.2, 0) is 4.79 Å².